The number of carbonyl (C=O) groups excluding carboxylic acids is 1. The molecule has 1 atom stereocenters. The standard InChI is InChI=1S/C10H18N2O2/c1-2-3-4-6-12-9(13)10(11)5-7-14-8-10/h2-3H,4-8,11H2,1H3,(H,12,13)/b3-2+. The molecule has 4 heteroatoms. The van der Waals surface area contributed by atoms with Crippen LogP contribution in [0.3, 0.4) is 0 Å². The molecule has 1 amide bonds. The number of hydrogen-bond donors (Lipinski definition) is 2. The summed E-state index contributed by atoms with van der Waals surface area (Å²) in [5.74, 6) is -0.0977. The second kappa shape index (κ2) is 5.12. The van der Waals surface area contributed by atoms with Gasteiger partial charge in [0.15, 0.2) is 0 Å². The van der Waals surface area contributed by atoms with E-state index in [9.17, 15) is 4.79 Å². The minimum Gasteiger partial charge on any atom is -0.379 e. The molecule has 1 unspecified atom stereocenters. The Morgan fingerprint density at radius 3 is 3.07 bits per heavy atom. The minimum atomic E-state index is -0.796. The van der Waals surface area contributed by atoms with Gasteiger partial charge < -0.3 is 15.8 Å². The van der Waals surface area contributed by atoms with E-state index in [2.05, 4.69) is 5.32 Å². The number of hydrogen-bond acceptors (Lipinski definition) is 3. The van der Waals surface area contributed by atoms with Crippen molar-refractivity contribution in [2.75, 3.05) is 19.8 Å². The number of ether oxygens (including phenoxy) is 1. The lowest BCUT2D eigenvalue weighted by atomic mass is 9.99. The zero-order valence-corrected chi connectivity index (χ0v) is 8.58. The maximum atomic E-state index is 11.6. The zero-order chi connectivity index (χ0) is 10.4. The molecule has 0 radical (unpaired) electrons. The van der Waals surface area contributed by atoms with Crippen LogP contribution in [0.25, 0.3) is 0 Å². The second-order valence-corrected chi connectivity index (χ2v) is 3.57. The molecule has 1 saturated heterocycles. The van der Waals surface area contributed by atoms with Crippen molar-refractivity contribution >= 4 is 5.91 Å². The number of carbonyl (C=O) groups is 1. The molecule has 14 heavy (non-hydrogen) atoms. The third-order valence-electron chi connectivity index (χ3n) is 2.34. The van der Waals surface area contributed by atoms with Gasteiger partial charge in [-0.3, -0.25) is 4.79 Å². The summed E-state index contributed by atoms with van der Waals surface area (Å²) < 4.78 is 5.11. The highest BCUT2D eigenvalue weighted by Crippen LogP contribution is 2.15. The molecule has 1 fully saturated rings. The topological polar surface area (TPSA) is 64.4 Å². The van der Waals surface area contributed by atoms with Crippen molar-refractivity contribution in [1.82, 2.24) is 5.32 Å². The van der Waals surface area contributed by atoms with Crippen molar-refractivity contribution in [3.05, 3.63) is 12.2 Å². The molecular formula is C10H18N2O2. The zero-order valence-electron chi connectivity index (χ0n) is 8.58. The molecule has 0 aliphatic carbocycles. The third-order valence-corrected chi connectivity index (χ3v) is 2.34. The quantitative estimate of drug-likeness (QED) is 0.500. The van der Waals surface area contributed by atoms with Crippen LogP contribution in [0.1, 0.15) is 19.8 Å². The number of rotatable bonds is 4. The summed E-state index contributed by atoms with van der Waals surface area (Å²) in [7, 11) is 0. The molecule has 0 aromatic rings. The van der Waals surface area contributed by atoms with Crippen molar-refractivity contribution in [1.29, 1.82) is 0 Å². The van der Waals surface area contributed by atoms with Crippen molar-refractivity contribution in [2.24, 2.45) is 5.73 Å². The largest absolute Gasteiger partial charge is 0.379 e. The summed E-state index contributed by atoms with van der Waals surface area (Å²) in [5.41, 5.74) is 5.07. The Hall–Kier alpha value is -0.870. The van der Waals surface area contributed by atoms with Gasteiger partial charge in [-0.15, -0.1) is 0 Å². The average Bonchev–Trinajstić information content (AvgIpc) is 2.61. The molecule has 3 N–H and O–H groups in total. The van der Waals surface area contributed by atoms with Crippen molar-refractivity contribution < 1.29 is 9.53 Å². The monoisotopic (exact) mass is 198 g/mol. The molecule has 0 spiro atoms. The van der Waals surface area contributed by atoms with Gasteiger partial charge in [0, 0.05) is 13.2 Å². The lowest BCUT2D eigenvalue weighted by molar-refractivity contribution is -0.126. The average molecular weight is 198 g/mol. The van der Waals surface area contributed by atoms with E-state index >= 15 is 0 Å². The molecule has 1 aliphatic rings. The normalized spacial score (nSPS) is 27.0. The highest BCUT2D eigenvalue weighted by atomic mass is 16.5. The van der Waals surface area contributed by atoms with Gasteiger partial charge in [-0.2, -0.15) is 0 Å². The lowest BCUT2D eigenvalue weighted by Crippen LogP contribution is -2.54. The third kappa shape index (κ3) is 2.82. The fourth-order valence-corrected chi connectivity index (χ4v) is 1.37. The maximum absolute atomic E-state index is 11.6. The van der Waals surface area contributed by atoms with Crippen LogP contribution in [0, 0.1) is 0 Å². The van der Waals surface area contributed by atoms with Crippen molar-refractivity contribution in [3.8, 4) is 0 Å². The summed E-state index contributed by atoms with van der Waals surface area (Å²) >= 11 is 0. The first-order valence-corrected chi connectivity index (χ1v) is 4.95. The molecule has 1 aliphatic heterocycles. The molecular weight excluding hydrogens is 180 g/mol. The van der Waals surface area contributed by atoms with Crippen molar-refractivity contribution in [3.63, 3.8) is 0 Å². The maximum Gasteiger partial charge on any atom is 0.242 e. The van der Waals surface area contributed by atoms with Gasteiger partial charge in [-0.05, 0) is 19.8 Å². The first-order chi connectivity index (χ1) is 6.69. The van der Waals surface area contributed by atoms with E-state index in [0.29, 0.717) is 26.2 Å². The Kier molecular flexibility index (Phi) is 4.10. The molecule has 0 aromatic heterocycles. The summed E-state index contributed by atoms with van der Waals surface area (Å²) in [4.78, 5) is 11.6. The van der Waals surface area contributed by atoms with Gasteiger partial charge in [-0.25, -0.2) is 0 Å². The smallest absolute Gasteiger partial charge is 0.242 e. The van der Waals surface area contributed by atoms with Crippen LogP contribution in [-0.2, 0) is 9.53 Å². The first kappa shape index (κ1) is 11.2. The van der Waals surface area contributed by atoms with Gasteiger partial charge in [0.1, 0.15) is 5.54 Å². The molecule has 1 heterocycles. The van der Waals surface area contributed by atoms with Gasteiger partial charge in [0.25, 0.3) is 0 Å². The van der Waals surface area contributed by atoms with Gasteiger partial charge in [-0.1, -0.05) is 12.2 Å². The molecule has 4 nitrogen and oxygen atoms in total. The number of amides is 1. The lowest BCUT2D eigenvalue weighted by Gasteiger charge is -2.20. The van der Waals surface area contributed by atoms with Gasteiger partial charge >= 0.3 is 0 Å². The Morgan fingerprint density at radius 1 is 1.71 bits per heavy atom. The Bertz CT molecular complexity index is 220. The first-order valence-electron chi connectivity index (χ1n) is 4.95. The molecule has 1 rings (SSSR count). The van der Waals surface area contributed by atoms with Crippen LogP contribution in [0.4, 0.5) is 0 Å². The number of nitrogens with one attached hydrogen (secondary N) is 1. The predicted octanol–water partition coefficient (Wildman–Crippen LogP) is 0.187. The Morgan fingerprint density at radius 2 is 2.50 bits per heavy atom. The molecule has 80 valence electrons. The highest BCUT2D eigenvalue weighted by Gasteiger charge is 2.37. The minimum absolute atomic E-state index is 0.0977. The summed E-state index contributed by atoms with van der Waals surface area (Å²) in [5, 5.41) is 2.80. The SMILES string of the molecule is C/C=C/CCNC(=O)C1(N)CCOC1. The van der Waals surface area contributed by atoms with Crippen LogP contribution in [0.2, 0.25) is 0 Å². The van der Waals surface area contributed by atoms with E-state index in [1.807, 2.05) is 19.1 Å². The van der Waals surface area contributed by atoms with E-state index in [-0.39, 0.29) is 5.91 Å². The Balaban J connectivity index is 2.27. The van der Waals surface area contributed by atoms with Crippen LogP contribution in [0.5, 0.6) is 0 Å². The molecule has 0 aromatic carbocycles. The highest BCUT2D eigenvalue weighted by molar-refractivity contribution is 5.86. The molecule has 0 saturated carbocycles. The Labute approximate surface area is 84.5 Å². The van der Waals surface area contributed by atoms with E-state index < -0.39 is 5.54 Å². The summed E-state index contributed by atoms with van der Waals surface area (Å²) in [6, 6.07) is 0. The van der Waals surface area contributed by atoms with Gasteiger partial charge in [0.05, 0.1) is 6.61 Å². The van der Waals surface area contributed by atoms with E-state index in [0.717, 1.165) is 6.42 Å². The summed E-state index contributed by atoms with van der Waals surface area (Å²) in [6.07, 6.45) is 5.43. The van der Waals surface area contributed by atoms with Crippen molar-refractivity contribution in [2.45, 2.75) is 25.3 Å². The number of allylic oxidation sites excluding steroid dienone is 1. The van der Waals surface area contributed by atoms with E-state index in [1.54, 1.807) is 0 Å². The van der Waals surface area contributed by atoms with Gasteiger partial charge in [0.2, 0.25) is 5.91 Å². The van der Waals surface area contributed by atoms with Crippen LogP contribution < -0.4 is 11.1 Å². The second-order valence-electron chi connectivity index (χ2n) is 3.57. The van der Waals surface area contributed by atoms with E-state index in [1.165, 1.54) is 0 Å². The van der Waals surface area contributed by atoms with Crippen LogP contribution in [0.15, 0.2) is 12.2 Å². The predicted molar refractivity (Wildman–Crippen MR) is 54.8 cm³/mol. The van der Waals surface area contributed by atoms with E-state index in [4.69, 9.17) is 10.5 Å². The fourth-order valence-electron chi connectivity index (χ4n) is 1.37. The number of nitrogens with two attached hydrogens (primary N) is 1. The molecule has 0 bridgehead atoms. The summed E-state index contributed by atoms with van der Waals surface area (Å²) in [6.45, 7) is 3.51. The fraction of sp³-hybridized carbons (Fsp3) is 0.700. The van der Waals surface area contributed by atoms with Crippen LogP contribution in [-0.4, -0.2) is 31.2 Å². The van der Waals surface area contributed by atoms with Crippen LogP contribution >= 0.6 is 0 Å².